The maximum atomic E-state index is 5.70. The fraction of sp³-hybridized carbons (Fsp3) is 0.385. The molecule has 0 saturated heterocycles. The Kier molecular flexibility index (Phi) is 3.34. The summed E-state index contributed by atoms with van der Waals surface area (Å²) in [6.07, 6.45) is 2.45. The number of nitrogens with two attached hydrogens (primary N) is 1. The van der Waals surface area contributed by atoms with Gasteiger partial charge in [0.1, 0.15) is 5.82 Å². The first-order valence-electron chi connectivity index (χ1n) is 6.19. The second kappa shape index (κ2) is 5.12. The average Bonchev–Trinajstić information content (AvgIpc) is 3.18. The van der Waals surface area contributed by atoms with Crippen molar-refractivity contribution in [2.75, 3.05) is 0 Å². The van der Waals surface area contributed by atoms with Gasteiger partial charge in [-0.2, -0.15) is 0 Å². The van der Waals surface area contributed by atoms with Crippen LogP contribution in [-0.2, 0) is 12.3 Å². The number of hydrogen-bond donors (Lipinski definition) is 1. The van der Waals surface area contributed by atoms with Gasteiger partial charge in [-0.1, -0.05) is 42.1 Å². The van der Waals surface area contributed by atoms with Gasteiger partial charge in [0, 0.05) is 11.8 Å². The Morgan fingerprint density at radius 1 is 1.22 bits per heavy atom. The lowest BCUT2D eigenvalue weighted by atomic mass is 10.2. The van der Waals surface area contributed by atoms with E-state index in [0.29, 0.717) is 12.6 Å². The summed E-state index contributed by atoms with van der Waals surface area (Å²) in [5, 5.41) is 9.44. The van der Waals surface area contributed by atoms with Crippen molar-refractivity contribution >= 4 is 11.8 Å². The summed E-state index contributed by atoms with van der Waals surface area (Å²) in [7, 11) is 0. The van der Waals surface area contributed by atoms with Crippen molar-refractivity contribution in [3.8, 4) is 0 Å². The van der Waals surface area contributed by atoms with E-state index in [0.717, 1.165) is 16.7 Å². The van der Waals surface area contributed by atoms with Crippen molar-refractivity contribution in [2.24, 2.45) is 5.73 Å². The molecule has 0 amide bonds. The molecule has 18 heavy (non-hydrogen) atoms. The second-order valence-electron chi connectivity index (χ2n) is 4.48. The van der Waals surface area contributed by atoms with Crippen molar-refractivity contribution in [1.82, 2.24) is 14.8 Å². The van der Waals surface area contributed by atoms with Crippen LogP contribution in [0, 0.1) is 0 Å². The first-order chi connectivity index (χ1) is 8.88. The Hall–Kier alpha value is -1.33. The van der Waals surface area contributed by atoms with E-state index in [9.17, 15) is 0 Å². The minimum absolute atomic E-state index is 0.468. The zero-order valence-corrected chi connectivity index (χ0v) is 10.9. The van der Waals surface area contributed by atoms with E-state index >= 15 is 0 Å². The highest BCUT2D eigenvalue weighted by atomic mass is 32.2. The van der Waals surface area contributed by atoms with Crippen molar-refractivity contribution in [1.29, 1.82) is 0 Å². The van der Waals surface area contributed by atoms with Gasteiger partial charge in [0.05, 0.1) is 6.54 Å². The lowest BCUT2D eigenvalue weighted by Gasteiger charge is -2.07. The molecule has 94 valence electrons. The van der Waals surface area contributed by atoms with E-state index in [4.69, 9.17) is 5.73 Å². The first kappa shape index (κ1) is 11.7. The largest absolute Gasteiger partial charge is 0.324 e. The fourth-order valence-corrected chi connectivity index (χ4v) is 2.95. The monoisotopic (exact) mass is 260 g/mol. The van der Waals surface area contributed by atoms with Gasteiger partial charge in [0.2, 0.25) is 0 Å². The summed E-state index contributed by atoms with van der Waals surface area (Å²) in [6.45, 7) is 0.468. The molecule has 1 heterocycles. The van der Waals surface area contributed by atoms with Crippen molar-refractivity contribution in [2.45, 2.75) is 36.3 Å². The van der Waals surface area contributed by atoms with Crippen LogP contribution in [0.5, 0.6) is 0 Å². The molecule has 2 N–H and O–H groups in total. The average molecular weight is 260 g/mol. The van der Waals surface area contributed by atoms with Gasteiger partial charge in [-0.05, 0) is 18.4 Å². The Labute approximate surface area is 111 Å². The molecule has 1 aliphatic carbocycles. The number of benzene rings is 1. The number of hydrogen-bond acceptors (Lipinski definition) is 4. The predicted octanol–water partition coefficient (Wildman–Crippen LogP) is 2.36. The van der Waals surface area contributed by atoms with Crippen LogP contribution in [-0.4, -0.2) is 14.8 Å². The quantitative estimate of drug-likeness (QED) is 0.838. The van der Waals surface area contributed by atoms with E-state index < -0.39 is 0 Å². The molecule has 1 aromatic heterocycles. The maximum absolute atomic E-state index is 5.70. The molecule has 0 radical (unpaired) electrons. The van der Waals surface area contributed by atoms with Gasteiger partial charge in [-0.15, -0.1) is 10.2 Å². The van der Waals surface area contributed by atoms with Gasteiger partial charge >= 0.3 is 0 Å². The SMILES string of the molecule is NCc1nnc(SCc2ccccc2)n1C1CC1. The molecule has 0 aliphatic heterocycles. The third-order valence-electron chi connectivity index (χ3n) is 3.04. The van der Waals surface area contributed by atoms with Crippen LogP contribution in [0.25, 0.3) is 0 Å². The summed E-state index contributed by atoms with van der Waals surface area (Å²) < 4.78 is 2.22. The molecule has 3 rings (SSSR count). The lowest BCUT2D eigenvalue weighted by Crippen LogP contribution is -2.08. The van der Waals surface area contributed by atoms with Gasteiger partial charge in [0.15, 0.2) is 5.16 Å². The molecule has 4 nitrogen and oxygen atoms in total. The number of rotatable bonds is 5. The summed E-state index contributed by atoms with van der Waals surface area (Å²) >= 11 is 1.74. The fourth-order valence-electron chi connectivity index (χ4n) is 1.97. The molecular weight excluding hydrogens is 244 g/mol. The summed E-state index contributed by atoms with van der Waals surface area (Å²) in [5.41, 5.74) is 7.01. The topological polar surface area (TPSA) is 56.7 Å². The molecule has 1 saturated carbocycles. The third kappa shape index (κ3) is 2.42. The molecule has 0 atom stereocenters. The Bertz CT molecular complexity index is 519. The Balaban J connectivity index is 1.74. The zero-order valence-electron chi connectivity index (χ0n) is 10.1. The Morgan fingerprint density at radius 3 is 2.67 bits per heavy atom. The van der Waals surface area contributed by atoms with Gasteiger partial charge < -0.3 is 10.3 Å². The highest BCUT2D eigenvalue weighted by Crippen LogP contribution is 2.39. The van der Waals surface area contributed by atoms with E-state index in [1.807, 2.05) is 6.07 Å². The summed E-state index contributed by atoms with van der Waals surface area (Å²) in [4.78, 5) is 0. The van der Waals surface area contributed by atoms with Crippen LogP contribution >= 0.6 is 11.8 Å². The molecule has 1 aromatic carbocycles. The predicted molar refractivity (Wildman–Crippen MR) is 72.2 cm³/mol. The standard InChI is InChI=1S/C13H16N4S/c14-8-12-15-16-13(17(12)11-6-7-11)18-9-10-4-2-1-3-5-10/h1-5,11H,6-9,14H2. The van der Waals surface area contributed by atoms with Gasteiger partial charge in [-0.3, -0.25) is 0 Å². The van der Waals surface area contributed by atoms with Crippen molar-refractivity contribution in [3.05, 3.63) is 41.7 Å². The van der Waals surface area contributed by atoms with E-state index in [-0.39, 0.29) is 0 Å². The third-order valence-corrected chi connectivity index (χ3v) is 4.05. The molecular formula is C13H16N4S. The molecule has 0 spiro atoms. The van der Waals surface area contributed by atoms with Gasteiger partial charge in [-0.25, -0.2) is 0 Å². The minimum Gasteiger partial charge on any atom is -0.324 e. The van der Waals surface area contributed by atoms with Crippen molar-refractivity contribution < 1.29 is 0 Å². The minimum atomic E-state index is 0.468. The van der Waals surface area contributed by atoms with Crippen LogP contribution < -0.4 is 5.73 Å². The number of nitrogens with zero attached hydrogens (tertiary/aromatic N) is 3. The van der Waals surface area contributed by atoms with Gasteiger partial charge in [0.25, 0.3) is 0 Å². The first-order valence-corrected chi connectivity index (χ1v) is 7.17. The van der Waals surface area contributed by atoms with Crippen LogP contribution in [0.3, 0.4) is 0 Å². The van der Waals surface area contributed by atoms with E-state index in [2.05, 4.69) is 39.0 Å². The summed E-state index contributed by atoms with van der Waals surface area (Å²) in [5.74, 6) is 1.84. The van der Waals surface area contributed by atoms with E-state index in [1.54, 1.807) is 11.8 Å². The molecule has 1 fully saturated rings. The molecule has 5 heteroatoms. The molecule has 1 aliphatic rings. The van der Waals surface area contributed by atoms with Crippen LogP contribution in [0.4, 0.5) is 0 Å². The smallest absolute Gasteiger partial charge is 0.191 e. The number of aromatic nitrogens is 3. The molecule has 0 unspecified atom stereocenters. The summed E-state index contributed by atoms with van der Waals surface area (Å²) in [6, 6.07) is 11.0. The Morgan fingerprint density at radius 2 is 2.00 bits per heavy atom. The van der Waals surface area contributed by atoms with Crippen LogP contribution in [0.2, 0.25) is 0 Å². The maximum Gasteiger partial charge on any atom is 0.191 e. The van der Waals surface area contributed by atoms with Crippen LogP contribution in [0.15, 0.2) is 35.5 Å². The van der Waals surface area contributed by atoms with E-state index in [1.165, 1.54) is 18.4 Å². The molecule has 2 aromatic rings. The van der Waals surface area contributed by atoms with Crippen molar-refractivity contribution in [3.63, 3.8) is 0 Å². The normalized spacial score (nSPS) is 14.9. The lowest BCUT2D eigenvalue weighted by molar-refractivity contribution is 0.626. The zero-order chi connectivity index (χ0) is 12.4. The van der Waals surface area contributed by atoms with Crippen LogP contribution in [0.1, 0.15) is 30.3 Å². The highest BCUT2D eigenvalue weighted by Gasteiger charge is 2.29. The second-order valence-corrected chi connectivity index (χ2v) is 5.42. The highest BCUT2D eigenvalue weighted by molar-refractivity contribution is 7.98. The molecule has 0 bridgehead atoms. The number of thioether (sulfide) groups is 1.